The van der Waals surface area contributed by atoms with Crippen LogP contribution in [0.5, 0.6) is 0 Å². The van der Waals surface area contributed by atoms with Gasteiger partial charge in [0.15, 0.2) is 0 Å². The van der Waals surface area contributed by atoms with Crippen LogP contribution in [-0.4, -0.2) is 23.0 Å². The summed E-state index contributed by atoms with van der Waals surface area (Å²) in [6, 6.07) is 7.34. The van der Waals surface area contributed by atoms with Crippen LogP contribution in [0.1, 0.15) is 18.2 Å². The largest absolute Gasteiger partial charge is 0.291 e. The van der Waals surface area contributed by atoms with Crippen LogP contribution in [0.25, 0.3) is 0 Å². The molecule has 3 atom stereocenters. The Morgan fingerprint density at radius 3 is 2.93 bits per heavy atom. The zero-order chi connectivity index (χ0) is 9.54. The van der Waals surface area contributed by atoms with E-state index in [2.05, 4.69) is 41.2 Å². The molecule has 0 radical (unpaired) electrons. The van der Waals surface area contributed by atoms with Gasteiger partial charge in [0.1, 0.15) is 0 Å². The van der Waals surface area contributed by atoms with Crippen molar-refractivity contribution in [1.29, 1.82) is 0 Å². The minimum atomic E-state index is 0.506. The molecular weight excluding hydrogens is 172 g/mol. The van der Waals surface area contributed by atoms with Crippen molar-refractivity contribution in [2.24, 2.45) is 5.92 Å². The standard InChI is InChI=1S/C12H14N2/c1-14-10-6-5-9(8-10)12(14)11-4-2-3-7-13-11/h2-7,9-10,12H,8H2,1H3/t9-,10+,12+/m0/s1. The molecule has 1 fully saturated rings. The molecule has 1 aliphatic heterocycles. The monoisotopic (exact) mass is 186 g/mol. The van der Waals surface area contributed by atoms with E-state index in [1.165, 1.54) is 12.1 Å². The van der Waals surface area contributed by atoms with E-state index >= 15 is 0 Å². The first kappa shape index (κ1) is 8.18. The summed E-state index contributed by atoms with van der Waals surface area (Å²) in [6.45, 7) is 0. The Labute approximate surface area is 84.3 Å². The number of fused-ring (bicyclic) bond motifs is 2. The van der Waals surface area contributed by atoms with Crippen molar-refractivity contribution >= 4 is 0 Å². The normalized spacial score (nSPS) is 35.4. The highest BCUT2D eigenvalue weighted by atomic mass is 15.2. The lowest BCUT2D eigenvalue weighted by atomic mass is 9.99. The second kappa shape index (κ2) is 2.92. The van der Waals surface area contributed by atoms with Gasteiger partial charge in [0.2, 0.25) is 0 Å². The first-order valence-corrected chi connectivity index (χ1v) is 5.17. The van der Waals surface area contributed by atoms with Crippen molar-refractivity contribution in [2.75, 3.05) is 7.05 Å². The molecule has 0 spiro atoms. The van der Waals surface area contributed by atoms with Gasteiger partial charge in [0, 0.05) is 12.2 Å². The highest BCUT2D eigenvalue weighted by Crippen LogP contribution is 2.44. The maximum Gasteiger partial charge on any atom is 0.0586 e. The van der Waals surface area contributed by atoms with E-state index in [0.717, 1.165) is 0 Å². The zero-order valence-electron chi connectivity index (χ0n) is 8.30. The Balaban J connectivity index is 1.97. The average Bonchev–Trinajstić information content (AvgIpc) is 2.79. The first-order valence-electron chi connectivity index (χ1n) is 5.17. The molecule has 2 heteroatoms. The fourth-order valence-electron chi connectivity index (χ4n) is 2.73. The predicted molar refractivity (Wildman–Crippen MR) is 55.8 cm³/mol. The van der Waals surface area contributed by atoms with Crippen molar-refractivity contribution in [3.63, 3.8) is 0 Å². The number of pyridine rings is 1. The lowest BCUT2D eigenvalue weighted by molar-refractivity contribution is 0.246. The third-order valence-corrected chi connectivity index (χ3v) is 3.45. The summed E-state index contributed by atoms with van der Waals surface area (Å²) in [4.78, 5) is 6.89. The molecule has 72 valence electrons. The van der Waals surface area contributed by atoms with Gasteiger partial charge in [-0.25, -0.2) is 0 Å². The van der Waals surface area contributed by atoms with Crippen molar-refractivity contribution in [3.8, 4) is 0 Å². The number of nitrogens with zero attached hydrogens (tertiary/aromatic N) is 2. The number of likely N-dealkylation sites (tertiary alicyclic amines) is 1. The third kappa shape index (κ3) is 1.04. The van der Waals surface area contributed by atoms with Gasteiger partial charge >= 0.3 is 0 Å². The average molecular weight is 186 g/mol. The molecule has 0 N–H and O–H groups in total. The number of likely N-dealkylation sites (N-methyl/N-ethyl adjacent to an activating group) is 1. The molecule has 0 amide bonds. The molecule has 2 aliphatic rings. The fraction of sp³-hybridized carbons (Fsp3) is 0.417. The van der Waals surface area contributed by atoms with Crippen LogP contribution >= 0.6 is 0 Å². The Morgan fingerprint density at radius 2 is 2.29 bits per heavy atom. The maximum absolute atomic E-state index is 4.45. The molecule has 0 saturated carbocycles. The smallest absolute Gasteiger partial charge is 0.0586 e. The van der Waals surface area contributed by atoms with E-state index < -0.39 is 0 Å². The number of aromatic nitrogens is 1. The van der Waals surface area contributed by atoms with E-state index in [1.807, 2.05) is 12.3 Å². The predicted octanol–water partition coefficient (Wildman–Crippen LogP) is 2.01. The molecule has 1 aromatic heterocycles. The van der Waals surface area contributed by atoms with Gasteiger partial charge in [-0.3, -0.25) is 9.88 Å². The van der Waals surface area contributed by atoms with Gasteiger partial charge in [-0.2, -0.15) is 0 Å². The first-order chi connectivity index (χ1) is 6.86. The van der Waals surface area contributed by atoms with Crippen LogP contribution in [0.2, 0.25) is 0 Å². The molecule has 0 unspecified atom stereocenters. The lowest BCUT2D eigenvalue weighted by Gasteiger charge is -2.28. The molecule has 14 heavy (non-hydrogen) atoms. The highest BCUT2D eigenvalue weighted by Gasteiger charge is 2.41. The van der Waals surface area contributed by atoms with Crippen molar-refractivity contribution in [3.05, 3.63) is 42.2 Å². The fourth-order valence-corrected chi connectivity index (χ4v) is 2.73. The Morgan fingerprint density at radius 1 is 1.36 bits per heavy atom. The SMILES string of the molecule is CN1[C@@H]2C=C[C@@H](C2)[C@@H]1c1ccccn1. The van der Waals surface area contributed by atoms with Crippen molar-refractivity contribution < 1.29 is 0 Å². The van der Waals surface area contributed by atoms with E-state index in [4.69, 9.17) is 0 Å². The number of rotatable bonds is 1. The Hall–Kier alpha value is -1.15. The van der Waals surface area contributed by atoms with E-state index in [0.29, 0.717) is 18.0 Å². The Kier molecular flexibility index (Phi) is 1.71. The van der Waals surface area contributed by atoms with Crippen LogP contribution in [0.15, 0.2) is 36.5 Å². The van der Waals surface area contributed by atoms with Gasteiger partial charge < -0.3 is 0 Å². The van der Waals surface area contributed by atoms with E-state index in [-0.39, 0.29) is 0 Å². The molecule has 0 aromatic carbocycles. The molecule has 1 aromatic rings. The summed E-state index contributed by atoms with van der Waals surface area (Å²) in [7, 11) is 2.20. The molecule has 3 rings (SSSR count). The number of hydrogen-bond donors (Lipinski definition) is 0. The van der Waals surface area contributed by atoms with Crippen molar-refractivity contribution in [1.82, 2.24) is 9.88 Å². The molecule has 1 saturated heterocycles. The highest BCUT2D eigenvalue weighted by molar-refractivity contribution is 5.23. The van der Waals surface area contributed by atoms with Gasteiger partial charge in [-0.1, -0.05) is 18.2 Å². The zero-order valence-corrected chi connectivity index (χ0v) is 8.30. The molecular formula is C12H14N2. The third-order valence-electron chi connectivity index (χ3n) is 3.45. The minimum absolute atomic E-state index is 0.506. The minimum Gasteiger partial charge on any atom is -0.291 e. The summed E-state index contributed by atoms with van der Waals surface area (Å²) in [5, 5.41) is 0. The van der Waals surface area contributed by atoms with Crippen LogP contribution < -0.4 is 0 Å². The summed E-state index contributed by atoms with van der Waals surface area (Å²) in [6.07, 6.45) is 7.84. The molecule has 2 nitrogen and oxygen atoms in total. The second-order valence-electron chi connectivity index (χ2n) is 4.22. The second-order valence-corrected chi connectivity index (χ2v) is 4.22. The van der Waals surface area contributed by atoms with Crippen molar-refractivity contribution in [2.45, 2.75) is 18.5 Å². The summed E-state index contributed by atoms with van der Waals surface area (Å²) in [5.41, 5.74) is 1.21. The molecule has 1 aliphatic carbocycles. The lowest BCUT2D eigenvalue weighted by Crippen LogP contribution is -2.29. The van der Waals surface area contributed by atoms with Gasteiger partial charge in [-0.05, 0) is 31.5 Å². The molecule has 2 bridgehead atoms. The summed E-state index contributed by atoms with van der Waals surface area (Å²) >= 11 is 0. The van der Waals surface area contributed by atoms with E-state index in [1.54, 1.807) is 0 Å². The Bertz CT molecular complexity index is 358. The molecule has 2 heterocycles. The van der Waals surface area contributed by atoms with Gasteiger partial charge in [0.05, 0.1) is 11.7 Å². The van der Waals surface area contributed by atoms with Gasteiger partial charge in [0.25, 0.3) is 0 Å². The number of hydrogen-bond acceptors (Lipinski definition) is 2. The summed E-state index contributed by atoms with van der Waals surface area (Å²) in [5.74, 6) is 0.680. The van der Waals surface area contributed by atoms with Gasteiger partial charge in [-0.15, -0.1) is 0 Å². The topological polar surface area (TPSA) is 16.1 Å². The quantitative estimate of drug-likeness (QED) is 0.624. The summed E-state index contributed by atoms with van der Waals surface area (Å²) < 4.78 is 0. The maximum atomic E-state index is 4.45. The van der Waals surface area contributed by atoms with E-state index in [9.17, 15) is 0 Å². The van der Waals surface area contributed by atoms with Crippen LogP contribution in [0, 0.1) is 5.92 Å². The van der Waals surface area contributed by atoms with Crippen LogP contribution in [0.3, 0.4) is 0 Å². The van der Waals surface area contributed by atoms with Crippen LogP contribution in [-0.2, 0) is 0 Å². The van der Waals surface area contributed by atoms with Crippen LogP contribution in [0.4, 0.5) is 0 Å².